The van der Waals surface area contributed by atoms with Crippen LogP contribution in [0.25, 0.3) is 0 Å². The van der Waals surface area contributed by atoms with Crippen LogP contribution in [0.5, 0.6) is 17.2 Å². The standard InChI is InChI=1S/C18H22INO3/c1-21-16-11-18(23-3)17(22-2)10-14(16)7-8-20-12-13-5-4-6-15(19)9-13/h4-6,9-11,20H,7-8,12H2,1-3H3. The number of nitrogens with one attached hydrogen (secondary N) is 1. The molecule has 0 saturated carbocycles. The highest BCUT2D eigenvalue weighted by atomic mass is 127. The number of rotatable bonds is 8. The minimum absolute atomic E-state index is 0.680. The second-order valence-electron chi connectivity index (χ2n) is 5.08. The van der Waals surface area contributed by atoms with Crippen LogP contribution in [0.2, 0.25) is 0 Å². The molecule has 0 radical (unpaired) electrons. The molecule has 2 aromatic rings. The minimum atomic E-state index is 0.680. The van der Waals surface area contributed by atoms with Gasteiger partial charge in [0.1, 0.15) is 5.75 Å². The van der Waals surface area contributed by atoms with Gasteiger partial charge >= 0.3 is 0 Å². The summed E-state index contributed by atoms with van der Waals surface area (Å²) in [6.07, 6.45) is 0.855. The number of halogens is 1. The van der Waals surface area contributed by atoms with Gasteiger partial charge in [0.2, 0.25) is 0 Å². The highest BCUT2D eigenvalue weighted by molar-refractivity contribution is 14.1. The minimum Gasteiger partial charge on any atom is -0.496 e. The van der Waals surface area contributed by atoms with E-state index in [9.17, 15) is 0 Å². The molecule has 0 spiro atoms. The van der Waals surface area contributed by atoms with E-state index in [0.29, 0.717) is 5.75 Å². The smallest absolute Gasteiger partial charge is 0.164 e. The van der Waals surface area contributed by atoms with Crippen molar-refractivity contribution in [1.29, 1.82) is 0 Å². The summed E-state index contributed by atoms with van der Waals surface area (Å²) >= 11 is 2.33. The molecule has 0 aliphatic carbocycles. The van der Waals surface area contributed by atoms with E-state index < -0.39 is 0 Å². The zero-order valence-electron chi connectivity index (χ0n) is 13.7. The molecule has 0 saturated heterocycles. The van der Waals surface area contributed by atoms with Gasteiger partial charge in [0.25, 0.3) is 0 Å². The Bertz CT molecular complexity index is 646. The third-order valence-corrected chi connectivity index (χ3v) is 4.25. The van der Waals surface area contributed by atoms with Gasteiger partial charge in [0, 0.05) is 16.2 Å². The summed E-state index contributed by atoms with van der Waals surface area (Å²) in [5.41, 5.74) is 2.39. The SMILES string of the molecule is COc1cc(OC)c(OC)cc1CCNCc1cccc(I)c1. The molecule has 1 N–H and O–H groups in total. The van der Waals surface area contributed by atoms with Crippen molar-refractivity contribution in [3.05, 3.63) is 51.1 Å². The van der Waals surface area contributed by atoms with Crippen molar-refractivity contribution in [3.8, 4) is 17.2 Å². The van der Waals surface area contributed by atoms with Crippen molar-refractivity contribution in [1.82, 2.24) is 5.32 Å². The van der Waals surface area contributed by atoms with E-state index in [4.69, 9.17) is 14.2 Å². The second kappa shape index (κ2) is 8.98. The summed E-state index contributed by atoms with van der Waals surface area (Å²) < 4.78 is 17.4. The van der Waals surface area contributed by atoms with Crippen LogP contribution in [0.4, 0.5) is 0 Å². The Morgan fingerprint density at radius 3 is 2.26 bits per heavy atom. The normalized spacial score (nSPS) is 10.4. The molecule has 4 nitrogen and oxygen atoms in total. The number of hydrogen-bond acceptors (Lipinski definition) is 4. The van der Waals surface area contributed by atoms with Gasteiger partial charge < -0.3 is 19.5 Å². The summed E-state index contributed by atoms with van der Waals surface area (Å²) in [6, 6.07) is 12.3. The lowest BCUT2D eigenvalue weighted by atomic mass is 10.1. The predicted molar refractivity (Wildman–Crippen MR) is 101 cm³/mol. The summed E-state index contributed by atoms with van der Waals surface area (Å²) in [7, 11) is 4.94. The molecule has 124 valence electrons. The van der Waals surface area contributed by atoms with Crippen molar-refractivity contribution >= 4 is 22.6 Å². The summed E-state index contributed by atoms with van der Waals surface area (Å²) in [4.78, 5) is 0. The Morgan fingerprint density at radius 2 is 1.61 bits per heavy atom. The highest BCUT2D eigenvalue weighted by Crippen LogP contribution is 2.34. The van der Waals surface area contributed by atoms with Gasteiger partial charge in [0.05, 0.1) is 21.3 Å². The van der Waals surface area contributed by atoms with Crippen LogP contribution in [0, 0.1) is 3.57 Å². The Hall–Kier alpha value is -1.47. The topological polar surface area (TPSA) is 39.7 Å². The zero-order valence-corrected chi connectivity index (χ0v) is 15.8. The van der Waals surface area contributed by atoms with Crippen LogP contribution in [-0.4, -0.2) is 27.9 Å². The van der Waals surface area contributed by atoms with Crippen LogP contribution in [0.15, 0.2) is 36.4 Å². The van der Waals surface area contributed by atoms with E-state index >= 15 is 0 Å². The lowest BCUT2D eigenvalue weighted by Gasteiger charge is -2.14. The first-order chi connectivity index (χ1) is 11.2. The Morgan fingerprint density at radius 1 is 0.913 bits per heavy atom. The second-order valence-corrected chi connectivity index (χ2v) is 6.32. The van der Waals surface area contributed by atoms with Crippen molar-refractivity contribution in [3.63, 3.8) is 0 Å². The summed E-state index contributed by atoms with van der Waals surface area (Å²) in [5, 5.41) is 3.46. The fourth-order valence-electron chi connectivity index (χ4n) is 2.39. The Labute approximate surface area is 151 Å². The molecule has 0 amide bonds. The molecular formula is C18H22INO3. The summed E-state index contributed by atoms with van der Waals surface area (Å²) in [5.74, 6) is 2.22. The van der Waals surface area contributed by atoms with E-state index in [1.165, 1.54) is 9.13 Å². The average molecular weight is 427 g/mol. The zero-order chi connectivity index (χ0) is 16.7. The predicted octanol–water partition coefficient (Wildman–Crippen LogP) is 3.65. The maximum atomic E-state index is 5.45. The van der Waals surface area contributed by atoms with E-state index in [1.54, 1.807) is 21.3 Å². The van der Waals surface area contributed by atoms with Gasteiger partial charge in [-0.1, -0.05) is 12.1 Å². The molecular weight excluding hydrogens is 405 g/mol. The molecule has 0 atom stereocenters. The monoisotopic (exact) mass is 427 g/mol. The number of hydrogen-bond donors (Lipinski definition) is 1. The summed E-state index contributed by atoms with van der Waals surface area (Å²) in [6.45, 7) is 1.71. The molecule has 0 aromatic heterocycles. The van der Waals surface area contributed by atoms with Crippen molar-refractivity contribution in [2.45, 2.75) is 13.0 Å². The van der Waals surface area contributed by atoms with Crippen molar-refractivity contribution < 1.29 is 14.2 Å². The molecule has 5 heteroatoms. The average Bonchev–Trinajstić information content (AvgIpc) is 2.58. The molecule has 0 fully saturated rings. The third kappa shape index (κ3) is 5.00. The highest BCUT2D eigenvalue weighted by Gasteiger charge is 2.11. The maximum Gasteiger partial charge on any atom is 0.164 e. The van der Waals surface area contributed by atoms with Gasteiger partial charge in [-0.3, -0.25) is 0 Å². The van der Waals surface area contributed by atoms with Crippen LogP contribution in [0.1, 0.15) is 11.1 Å². The van der Waals surface area contributed by atoms with Gasteiger partial charge in [0.15, 0.2) is 11.5 Å². The lowest BCUT2D eigenvalue weighted by Crippen LogP contribution is -2.17. The first-order valence-electron chi connectivity index (χ1n) is 7.42. The molecule has 0 aliphatic rings. The largest absolute Gasteiger partial charge is 0.496 e. The van der Waals surface area contributed by atoms with Crippen molar-refractivity contribution in [2.75, 3.05) is 27.9 Å². The fraction of sp³-hybridized carbons (Fsp3) is 0.333. The molecule has 2 aromatic carbocycles. The number of benzene rings is 2. The lowest BCUT2D eigenvalue weighted by molar-refractivity contribution is 0.347. The van der Waals surface area contributed by atoms with Crippen LogP contribution in [0.3, 0.4) is 0 Å². The van der Waals surface area contributed by atoms with Gasteiger partial charge in [-0.25, -0.2) is 0 Å². The molecule has 0 heterocycles. The molecule has 0 aliphatic heterocycles. The first-order valence-corrected chi connectivity index (χ1v) is 8.50. The fourth-order valence-corrected chi connectivity index (χ4v) is 3.00. The Kier molecular flexibility index (Phi) is 6.98. The third-order valence-electron chi connectivity index (χ3n) is 3.58. The molecule has 23 heavy (non-hydrogen) atoms. The first kappa shape index (κ1) is 17.9. The molecule has 0 unspecified atom stereocenters. The Balaban J connectivity index is 1.97. The van der Waals surface area contributed by atoms with Crippen LogP contribution < -0.4 is 19.5 Å². The quantitative estimate of drug-likeness (QED) is 0.516. The van der Waals surface area contributed by atoms with Crippen molar-refractivity contribution in [2.24, 2.45) is 0 Å². The maximum absolute atomic E-state index is 5.45. The van der Waals surface area contributed by atoms with E-state index in [-0.39, 0.29) is 0 Å². The van der Waals surface area contributed by atoms with Gasteiger partial charge in [-0.05, 0) is 64.9 Å². The van der Waals surface area contributed by atoms with Crippen LogP contribution in [-0.2, 0) is 13.0 Å². The molecule has 2 rings (SSSR count). The van der Waals surface area contributed by atoms with E-state index in [0.717, 1.165) is 36.6 Å². The van der Waals surface area contributed by atoms with Gasteiger partial charge in [-0.15, -0.1) is 0 Å². The molecule has 0 bridgehead atoms. The number of methoxy groups -OCH3 is 3. The van der Waals surface area contributed by atoms with E-state index in [2.05, 4.69) is 52.2 Å². The van der Waals surface area contributed by atoms with Gasteiger partial charge in [-0.2, -0.15) is 0 Å². The van der Waals surface area contributed by atoms with Crippen LogP contribution >= 0.6 is 22.6 Å². The number of ether oxygens (including phenoxy) is 3. The van der Waals surface area contributed by atoms with E-state index in [1.807, 2.05) is 12.1 Å².